The highest BCUT2D eigenvalue weighted by atomic mass is 15.1. The van der Waals surface area contributed by atoms with Gasteiger partial charge in [0.15, 0.2) is 11.7 Å². The molecule has 0 fully saturated rings. The highest BCUT2D eigenvalue weighted by Crippen LogP contribution is 2.54. The Labute approximate surface area is 157 Å². The first-order chi connectivity index (χ1) is 12.5. The van der Waals surface area contributed by atoms with Crippen molar-refractivity contribution in [3.8, 4) is 0 Å². The van der Waals surface area contributed by atoms with Gasteiger partial charge in [-0.3, -0.25) is 0 Å². The fourth-order valence-electron chi connectivity index (χ4n) is 4.87. The van der Waals surface area contributed by atoms with E-state index in [4.69, 9.17) is 0 Å². The summed E-state index contributed by atoms with van der Waals surface area (Å²) < 4.78 is 2.48. The summed E-state index contributed by atoms with van der Waals surface area (Å²) in [6.07, 6.45) is 12.8. The molecule has 2 atom stereocenters. The van der Waals surface area contributed by atoms with Crippen LogP contribution in [0.15, 0.2) is 79.0 Å². The fraction of sp³-hybridized carbons (Fsp3) is 0.320. The van der Waals surface area contributed by atoms with Gasteiger partial charge in [-0.15, -0.1) is 0 Å². The van der Waals surface area contributed by atoms with Gasteiger partial charge in [0, 0.05) is 37.5 Å². The summed E-state index contributed by atoms with van der Waals surface area (Å²) in [7, 11) is 0. The molecule has 1 aliphatic carbocycles. The minimum Gasteiger partial charge on any atom is -0.193 e. The van der Waals surface area contributed by atoms with Crippen LogP contribution in [0.4, 0.5) is 0 Å². The van der Waals surface area contributed by atoms with Crippen molar-refractivity contribution in [3.63, 3.8) is 0 Å². The molecule has 0 amide bonds. The number of pyridine rings is 1. The lowest BCUT2D eigenvalue weighted by Crippen LogP contribution is -2.67. The van der Waals surface area contributed by atoms with Crippen LogP contribution in [-0.2, 0) is 5.54 Å². The molecule has 132 valence electrons. The van der Waals surface area contributed by atoms with Gasteiger partial charge in [0.05, 0.1) is 5.41 Å². The molecular weight excluding hydrogens is 314 g/mol. The first-order valence-electron chi connectivity index (χ1n) is 9.61. The standard InChI is InChI=1S/C25H28N/c1-5-16-25(4)22-15-14-20(19-11-7-6-8-12-19)18-21(22)23-13-9-10-17-26(23)24(25,2)3/h5-14,16-18,22H,15H2,1-4H3/q+1. The lowest BCUT2D eigenvalue weighted by atomic mass is 9.57. The number of fused-ring (bicyclic) bond motifs is 3. The zero-order chi connectivity index (χ0) is 18.4. The normalized spacial score (nSPS) is 26.7. The molecule has 1 aromatic carbocycles. The summed E-state index contributed by atoms with van der Waals surface area (Å²) >= 11 is 0. The second kappa shape index (κ2) is 6.09. The number of benzene rings is 1. The highest BCUT2D eigenvalue weighted by Gasteiger charge is 2.58. The minimum atomic E-state index is 0.0101. The Morgan fingerprint density at radius 3 is 2.46 bits per heavy atom. The number of rotatable bonds is 2. The largest absolute Gasteiger partial charge is 0.209 e. The first-order valence-corrected chi connectivity index (χ1v) is 9.61. The molecule has 0 radical (unpaired) electrons. The highest BCUT2D eigenvalue weighted by molar-refractivity contribution is 5.86. The Morgan fingerprint density at radius 1 is 1.00 bits per heavy atom. The third kappa shape index (κ3) is 2.34. The summed E-state index contributed by atoms with van der Waals surface area (Å²) in [4.78, 5) is 0. The van der Waals surface area contributed by atoms with E-state index in [9.17, 15) is 0 Å². The van der Waals surface area contributed by atoms with Crippen molar-refractivity contribution in [1.29, 1.82) is 0 Å². The van der Waals surface area contributed by atoms with Crippen LogP contribution in [0.3, 0.4) is 0 Å². The SMILES string of the molecule is CC=CC1(C)C2CC=C(c3ccccc3)C=C2c2cccc[n+]2C1(C)C. The molecule has 2 aromatic rings. The van der Waals surface area contributed by atoms with E-state index in [0.717, 1.165) is 6.42 Å². The van der Waals surface area contributed by atoms with Gasteiger partial charge in [0.25, 0.3) is 0 Å². The van der Waals surface area contributed by atoms with Crippen LogP contribution >= 0.6 is 0 Å². The van der Waals surface area contributed by atoms with E-state index in [1.807, 2.05) is 0 Å². The van der Waals surface area contributed by atoms with Gasteiger partial charge < -0.3 is 0 Å². The Bertz CT molecular complexity index is 914. The monoisotopic (exact) mass is 342 g/mol. The van der Waals surface area contributed by atoms with Crippen molar-refractivity contribution in [2.45, 2.75) is 39.7 Å². The summed E-state index contributed by atoms with van der Waals surface area (Å²) in [5.74, 6) is 0.489. The molecule has 0 saturated heterocycles. The van der Waals surface area contributed by atoms with Gasteiger partial charge in [0.1, 0.15) is 0 Å². The number of hydrogen-bond acceptors (Lipinski definition) is 0. The number of allylic oxidation sites excluding steroid dienone is 6. The molecule has 1 aliphatic heterocycles. The van der Waals surface area contributed by atoms with E-state index in [1.165, 1.54) is 22.4 Å². The summed E-state index contributed by atoms with van der Waals surface area (Å²) in [6.45, 7) is 9.33. The molecule has 1 aromatic heterocycles. The van der Waals surface area contributed by atoms with Gasteiger partial charge in [0.2, 0.25) is 5.69 Å². The van der Waals surface area contributed by atoms with Crippen molar-refractivity contribution in [2.24, 2.45) is 11.3 Å². The molecule has 0 saturated carbocycles. The third-order valence-electron chi connectivity index (χ3n) is 6.68. The van der Waals surface area contributed by atoms with Crippen molar-refractivity contribution >= 4 is 11.1 Å². The molecule has 1 heteroatoms. The zero-order valence-corrected chi connectivity index (χ0v) is 16.2. The van der Waals surface area contributed by atoms with Crippen LogP contribution in [0, 0.1) is 11.3 Å². The lowest BCUT2D eigenvalue weighted by molar-refractivity contribution is -0.778. The maximum absolute atomic E-state index is 2.48. The predicted octanol–water partition coefficient (Wildman–Crippen LogP) is 5.79. The van der Waals surface area contributed by atoms with Crippen LogP contribution in [0.1, 0.15) is 45.4 Å². The molecule has 0 spiro atoms. The van der Waals surface area contributed by atoms with Gasteiger partial charge in [-0.1, -0.05) is 48.6 Å². The van der Waals surface area contributed by atoms with Crippen molar-refractivity contribution < 1.29 is 4.57 Å². The van der Waals surface area contributed by atoms with E-state index in [-0.39, 0.29) is 11.0 Å². The molecular formula is C25H28N+. The van der Waals surface area contributed by atoms with Crippen LogP contribution < -0.4 is 4.57 Å². The Morgan fingerprint density at radius 2 is 1.73 bits per heavy atom. The molecule has 1 nitrogen and oxygen atoms in total. The number of aromatic nitrogens is 1. The maximum Gasteiger partial charge on any atom is 0.209 e. The average Bonchev–Trinajstić information content (AvgIpc) is 2.67. The van der Waals surface area contributed by atoms with Crippen molar-refractivity contribution in [1.82, 2.24) is 0 Å². The predicted molar refractivity (Wildman–Crippen MR) is 109 cm³/mol. The third-order valence-corrected chi connectivity index (χ3v) is 6.68. The van der Waals surface area contributed by atoms with Crippen LogP contribution in [-0.4, -0.2) is 0 Å². The summed E-state index contributed by atoms with van der Waals surface area (Å²) in [5.41, 5.74) is 5.54. The first kappa shape index (κ1) is 17.0. The van der Waals surface area contributed by atoms with E-state index in [2.05, 4.69) is 111 Å². The van der Waals surface area contributed by atoms with E-state index < -0.39 is 0 Å². The van der Waals surface area contributed by atoms with Gasteiger partial charge in [-0.05, 0) is 43.5 Å². The lowest BCUT2D eigenvalue weighted by Gasteiger charge is -2.49. The fourth-order valence-corrected chi connectivity index (χ4v) is 4.87. The quantitative estimate of drug-likeness (QED) is 0.480. The topological polar surface area (TPSA) is 3.88 Å². The maximum atomic E-state index is 2.48. The average molecular weight is 343 g/mol. The molecule has 26 heavy (non-hydrogen) atoms. The summed E-state index contributed by atoms with van der Waals surface area (Å²) in [6, 6.07) is 17.3. The second-order valence-electron chi connectivity index (χ2n) is 8.21. The molecule has 4 rings (SSSR count). The molecule has 2 unspecified atom stereocenters. The van der Waals surface area contributed by atoms with Crippen LogP contribution in [0.25, 0.3) is 11.1 Å². The van der Waals surface area contributed by atoms with E-state index >= 15 is 0 Å². The van der Waals surface area contributed by atoms with Crippen molar-refractivity contribution in [2.75, 3.05) is 0 Å². The van der Waals surface area contributed by atoms with Crippen LogP contribution in [0.2, 0.25) is 0 Å². The molecule has 2 heterocycles. The molecule has 0 N–H and O–H groups in total. The van der Waals surface area contributed by atoms with Gasteiger partial charge in [-0.2, -0.15) is 4.57 Å². The molecule has 2 aliphatic rings. The van der Waals surface area contributed by atoms with E-state index in [0.29, 0.717) is 5.92 Å². The summed E-state index contributed by atoms with van der Waals surface area (Å²) in [5, 5.41) is 0. The Kier molecular flexibility index (Phi) is 3.99. The second-order valence-corrected chi connectivity index (χ2v) is 8.21. The number of hydrogen-bond donors (Lipinski definition) is 0. The van der Waals surface area contributed by atoms with E-state index in [1.54, 1.807) is 0 Å². The zero-order valence-electron chi connectivity index (χ0n) is 16.2. The van der Waals surface area contributed by atoms with Crippen molar-refractivity contribution in [3.05, 3.63) is 90.3 Å². The number of nitrogens with zero attached hydrogens (tertiary/aromatic N) is 1. The Balaban J connectivity index is 1.93. The Hall–Kier alpha value is -2.41. The smallest absolute Gasteiger partial charge is 0.193 e. The van der Waals surface area contributed by atoms with Gasteiger partial charge in [-0.25, -0.2) is 0 Å². The molecule has 0 bridgehead atoms. The minimum absolute atomic E-state index is 0.0101. The van der Waals surface area contributed by atoms with Gasteiger partial charge >= 0.3 is 0 Å². The van der Waals surface area contributed by atoms with Crippen LogP contribution in [0.5, 0.6) is 0 Å².